The van der Waals surface area contributed by atoms with E-state index in [1.807, 2.05) is 0 Å². The number of carbonyl (C=O) groups excluding carboxylic acids is 2. The van der Waals surface area contributed by atoms with Gasteiger partial charge in [0.05, 0.1) is 5.92 Å². The van der Waals surface area contributed by atoms with Crippen LogP contribution in [0.2, 0.25) is 5.02 Å². The number of ketones is 1. The highest BCUT2D eigenvalue weighted by Crippen LogP contribution is 2.17. The first kappa shape index (κ1) is 9.93. The highest BCUT2D eigenvalue weighted by molar-refractivity contribution is 6.30. The molecule has 1 unspecified atom stereocenters. The van der Waals surface area contributed by atoms with E-state index in [1.54, 1.807) is 24.3 Å². The zero-order valence-electron chi connectivity index (χ0n) is 7.16. The number of rotatable bonds is 3. The first-order valence-corrected chi connectivity index (χ1v) is 4.24. The molecule has 1 rings (SSSR count). The molecule has 0 spiro atoms. The van der Waals surface area contributed by atoms with Crippen molar-refractivity contribution in [3.05, 3.63) is 34.9 Å². The number of halogens is 1. The van der Waals surface area contributed by atoms with E-state index in [2.05, 4.69) is 0 Å². The van der Waals surface area contributed by atoms with Crippen molar-refractivity contribution in [3.63, 3.8) is 0 Å². The second-order valence-electron chi connectivity index (χ2n) is 2.78. The summed E-state index contributed by atoms with van der Waals surface area (Å²) in [4.78, 5) is 21.6. The Morgan fingerprint density at radius 1 is 1.38 bits per heavy atom. The molecule has 0 fully saturated rings. The van der Waals surface area contributed by atoms with Gasteiger partial charge in [0, 0.05) is 5.02 Å². The molecule has 3 heteroatoms. The highest BCUT2D eigenvalue weighted by atomic mass is 35.5. The van der Waals surface area contributed by atoms with Crippen LogP contribution in [0.3, 0.4) is 0 Å². The van der Waals surface area contributed by atoms with Gasteiger partial charge in [0.15, 0.2) is 0 Å². The average Bonchev–Trinajstić information content (AvgIpc) is 2.09. The van der Waals surface area contributed by atoms with Crippen LogP contribution in [0.4, 0.5) is 0 Å². The predicted octanol–water partition coefficient (Wildman–Crippen LogP) is 2.21. The molecule has 0 aliphatic heterocycles. The Kier molecular flexibility index (Phi) is 3.20. The maximum atomic E-state index is 11.0. The number of hydrogen-bond acceptors (Lipinski definition) is 2. The fourth-order valence-corrected chi connectivity index (χ4v) is 1.21. The van der Waals surface area contributed by atoms with Crippen LogP contribution in [-0.4, -0.2) is 12.1 Å². The molecule has 0 bridgehead atoms. The lowest BCUT2D eigenvalue weighted by molar-refractivity contribution is -0.122. The van der Waals surface area contributed by atoms with E-state index in [-0.39, 0.29) is 5.78 Å². The summed E-state index contributed by atoms with van der Waals surface area (Å²) in [5.74, 6) is -0.811. The van der Waals surface area contributed by atoms with Gasteiger partial charge in [0.25, 0.3) is 0 Å². The van der Waals surface area contributed by atoms with Crippen LogP contribution in [-0.2, 0) is 9.59 Å². The maximum Gasteiger partial charge on any atom is 0.144 e. The van der Waals surface area contributed by atoms with E-state index in [0.29, 0.717) is 16.9 Å². The van der Waals surface area contributed by atoms with E-state index in [1.165, 1.54) is 6.92 Å². The second-order valence-corrected chi connectivity index (χ2v) is 3.21. The van der Waals surface area contributed by atoms with Gasteiger partial charge in [-0.3, -0.25) is 4.79 Å². The maximum absolute atomic E-state index is 11.0. The molecule has 0 N–H and O–H groups in total. The van der Waals surface area contributed by atoms with E-state index in [9.17, 15) is 9.59 Å². The lowest BCUT2D eigenvalue weighted by Crippen LogP contribution is -2.09. The van der Waals surface area contributed by atoms with Crippen molar-refractivity contribution in [1.82, 2.24) is 0 Å². The van der Waals surface area contributed by atoms with Crippen molar-refractivity contribution >= 4 is 23.7 Å². The van der Waals surface area contributed by atoms with Crippen LogP contribution >= 0.6 is 11.6 Å². The van der Waals surface area contributed by atoms with Crippen LogP contribution in [0, 0.1) is 0 Å². The van der Waals surface area contributed by atoms with Gasteiger partial charge >= 0.3 is 0 Å². The minimum atomic E-state index is -0.655. The largest absolute Gasteiger partial charge is 0.302 e. The van der Waals surface area contributed by atoms with Crippen molar-refractivity contribution in [1.29, 1.82) is 0 Å². The molecule has 0 saturated heterocycles. The molecule has 0 saturated carbocycles. The van der Waals surface area contributed by atoms with Crippen LogP contribution in [0.25, 0.3) is 0 Å². The van der Waals surface area contributed by atoms with Gasteiger partial charge in [0.2, 0.25) is 0 Å². The monoisotopic (exact) mass is 196 g/mol. The summed E-state index contributed by atoms with van der Waals surface area (Å²) in [5, 5.41) is 0.594. The Morgan fingerprint density at radius 3 is 2.31 bits per heavy atom. The molecule has 68 valence electrons. The fraction of sp³-hybridized carbons (Fsp3) is 0.200. The Bertz CT molecular complexity index is 316. The molecule has 0 aliphatic carbocycles. The third-order valence-electron chi connectivity index (χ3n) is 1.80. The summed E-state index contributed by atoms with van der Waals surface area (Å²) in [6.45, 7) is 1.40. The first-order valence-electron chi connectivity index (χ1n) is 3.86. The van der Waals surface area contributed by atoms with Gasteiger partial charge in [0.1, 0.15) is 12.1 Å². The normalized spacial score (nSPS) is 12.2. The van der Waals surface area contributed by atoms with Crippen molar-refractivity contribution < 1.29 is 9.59 Å². The smallest absolute Gasteiger partial charge is 0.144 e. The topological polar surface area (TPSA) is 34.1 Å². The zero-order valence-corrected chi connectivity index (χ0v) is 7.91. The molecule has 0 amide bonds. The van der Waals surface area contributed by atoms with Crippen LogP contribution < -0.4 is 0 Å². The molecular formula is C10H9ClO2. The third kappa shape index (κ3) is 2.39. The van der Waals surface area contributed by atoms with E-state index in [4.69, 9.17) is 11.6 Å². The summed E-state index contributed by atoms with van der Waals surface area (Å²) in [5.41, 5.74) is 0.687. The van der Waals surface area contributed by atoms with Crippen molar-refractivity contribution in [3.8, 4) is 0 Å². The van der Waals surface area contributed by atoms with Gasteiger partial charge in [-0.15, -0.1) is 0 Å². The molecule has 0 radical (unpaired) electrons. The average molecular weight is 197 g/mol. The molecule has 1 aromatic rings. The van der Waals surface area contributed by atoms with Crippen LogP contribution in [0.15, 0.2) is 24.3 Å². The van der Waals surface area contributed by atoms with Gasteiger partial charge in [-0.2, -0.15) is 0 Å². The van der Waals surface area contributed by atoms with E-state index in [0.717, 1.165) is 0 Å². The summed E-state index contributed by atoms with van der Waals surface area (Å²) < 4.78 is 0. The van der Waals surface area contributed by atoms with Crippen molar-refractivity contribution in [2.24, 2.45) is 0 Å². The van der Waals surface area contributed by atoms with Gasteiger partial charge in [-0.25, -0.2) is 0 Å². The Balaban J connectivity index is 2.99. The lowest BCUT2D eigenvalue weighted by Gasteiger charge is -2.05. The highest BCUT2D eigenvalue weighted by Gasteiger charge is 2.14. The molecule has 0 aliphatic rings. The molecule has 1 atom stereocenters. The van der Waals surface area contributed by atoms with Crippen LogP contribution in [0.5, 0.6) is 0 Å². The molecular weight excluding hydrogens is 188 g/mol. The van der Waals surface area contributed by atoms with Crippen molar-refractivity contribution in [2.45, 2.75) is 12.8 Å². The lowest BCUT2D eigenvalue weighted by atomic mass is 9.97. The summed E-state index contributed by atoms with van der Waals surface area (Å²) in [7, 11) is 0. The Labute approximate surface area is 81.5 Å². The number of benzene rings is 1. The molecule has 0 heterocycles. The predicted molar refractivity (Wildman–Crippen MR) is 50.9 cm³/mol. The van der Waals surface area contributed by atoms with E-state index < -0.39 is 5.92 Å². The van der Waals surface area contributed by atoms with E-state index >= 15 is 0 Å². The van der Waals surface area contributed by atoms with Crippen LogP contribution in [0.1, 0.15) is 18.4 Å². The Hall–Kier alpha value is -1.15. The minimum Gasteiger partial charge on any atom is -0.302 e. The second kappa shape index (κ2) is 4.19. The number of aldehydes is 1. The van der Waals surface area contributed by atoms with Gasteiger partial charge in [-0.05, 0) is 24.6 Å². The Morgan fingerprint density at radius 2 is 1.92 bits per heavy atom. The molecule has 0 aromatic heterocycles. The van der Waals surface area contributed by atoms with Gasteiger partial charge < -0.3 is 4.79 Å². The summed E-state index contributed by atoms with van der Waals surface area (Å²) in [6, 6.07) is 6.69. The SMILES string of the molecule is CC(=O)C(C=O)c1ccc(Cl)cc1. The number of hydrogen-bond donors (Lipinski definition) is 0. The number of carbonyl (C=O) groups is 2. The minimum absolute atomic E-state index is 0.155. The van der Waals surface area contributed by atoms with Gasteiger partial charge in [-0.1, -0.05) is 23.7 Å². The van der Waals surface area contributed by atoms with Crippen molar-refractivity contribution in [2.75, 3.05) is 0 Å². The zero-order chi connectivity index (χ0) is 9.84. The first-order chi connectivity index (χ1) is 6.15. The molecule has 13 heavy (non-hydrogen) atoms. The fourth-order valence-electron chi connectivity index (χ4n) is 1.08. The third-order valence-corrected chi connectivity index (χ3v) is 2.06. The summed E-state index contributed by atoms with van der Waals surface area (Å²) >= 11 is 5.67. The molecule has 1 aromatic carbocycles. The summed E-state index contributed by atoms with van der Waals surface area (Å²) in [6.07, 6.45) is 0.644. The quantitative estimate of drug-likeness (QED) is 0.549. The standard InChI is InChI=1S/C10H9ClO2/c1-7(13)10(6-12)8-2-4-9(11)5-3-8/h2-6,10H,1H3. The molecule has 2 nitrogen and oxygen atoms in total. The number of Topliss-reactive ketones (excluding diaryl/α,β-unsaturated/α-hetero) is 1.